The molecule has 0 heterocycles. The van der Waals surface area contributed by atoms with Gasteiger partial charge in [-0.15, -0.1) is 0 Å². The van der Waals surface area contributed by atoms with E-state index in [-0.39, 0.29) is 23.9 Å². The van der Waals surface area contributed by atoms with Crippen molar-refractivity contribution in [2.45, 2.75) is 59.5 Å². The van der Waals surface area contributed by atoms with Crippen LogP contribution in [-0.2, 0) is 9.59 Å². The molecule has 4 nitrogen and oxygen atoms in total. The van der Waals surface area contributed by atoms with Gasteiger partial charge in [-0.25, -0.2) is 0 Å². The molecule has 0 rings (SSSR count). The molecule has 0 bridgehead atoms. The van der Waals surface area contributed by atoms with E-state index in [9.17, 15) is 9.59 Å². The lowest BCUT2D eigenvalue weighted by Crippen LogP contribution is -2.40. The van der Waals surface area contributed by atoms with Crippen molar-refractivity contribution in [1.82, 2.24) is 10.2 Å². The Balaban J connectivity index is 4.12. The SMILES string of the molecule is CCC(C)N(CCC(=O)NC(C)C)C(C)=O. The lowest BCUT2D eigenvalue weighted by molar-refractivity contribution is -0.131. The van der Waals surface area contributed by atoms with Gasteiger partial charge < -0.3 is 10.2 Å². The van der Waals surface area contributed by atoms with Crippen LogP contribution in [0.3, 0.4) is 0 Å². The Morgan fingerprint density at radius 1 is 1.25 bits per heavy atom. The third-order valence-corrected chi connectivity index (χ3v) is 2.56. The van der Waals surface area contributed by atoms with Crippen LogP contribution in [0, 0.1) is 0 Å². The van der Waals surface area contributed by atoms with Crippen LogP contribution in [0.4, 0.5) is 0 Å². The van der Waals surface area contributed by atoms with E-state index in [2.05, 4.69) is 5.32 Å². The van der Waals surface area contributed by atoms with Crippen LogP contribution in [0.2, 0.25) is 0 Å². The van der Waals surface area contributed by atoms with E-state index in [1.165, 1.54) is 0 Å². The molecule has 4 heteroatoms. The number of carbonyl (C=O) groups excluding carboxylic acids is 2. The largest absolute Gasteiger partial charge is 0.354 e. The molecule has 0 aromatic carbocycles. The maximum Gasteiger partial charge on any atom is 0.221 e. The number of nitrogens with one attached hydrogen (secondary N) is 1. The van der Waals surface area contributed by atoms with E-state index in [4.69, 9.17) is 0 Å². The first-order chi connectivity index (χ1) is 7.38. The van der Waals surface area contributed by atoms with Gasteiger partial charge in [0.2, 0.25) is 11.8 Å². The molecule has 0 aromatic heterocycles. The lowest BCUT2D eigenvalue weighted by Gasteiger charge is -2.27. The third-order valence-electron chi connectivity index (χ3n) is 2.56. The number of amides is 2. The van der Waals surface area contributed by atoms with Gasteiger partial charge in [0.1, 0.15) is 0 Å². The quantitative estimate of drug-likeness (QED) is 0.750. The molecule has 0 radical (unpaired) electrons. The Morgan fingerprint density at radius 3 is 2.19 bits per heavy atom. The van der Waals surface area contributed by atoms with Crippen LogP contribution in [0.5, 0.6) is 0 Å². The molecule has 0 fully saturated rings. The van der Waals surface area contributed by atoms with E-state index in [0.29, 0.717) is 13.0 Å². The Bertz CT molecular complexity index is 239. The van der Waals surface area contributed by atoms with Crippen molar-refractivity contribution in [1.29, 1.82) is 0 Å². The first-order valence-electron chi connectivity index (χ1n) is 5.95. The minimum Gasteiger partial charge on any atom is -0.354 e. The highest BCUT2D eigenvalue weighted by Crippen LogP contribution is 2.04. The third kappa shape index (κ3) is 5.73. The standard InChI is InChI=1S/C12H24N2O2/c1-6-10(4)14(11(5)15)8-7-12(16)13-9(2)3/h9-10H,6-8H2,1-5H3,(H,13,16). The van der Waals surface area contributed by atoms with E-state index in [1.54, 1.807) is 11.8 Å². The first-order valence-corrected chi connectivity index (χ1v) is 5.95. The predicted octanol–water partition coefficient (Wildman–Crippen LogP) is 1.55. The maximum absolute atomic E-state index is 11.4. The second-order valence-corrected chi connectivity index (χ2v) is 4.44. The molecule has 1 unspecified atom stereocenters. The summed E-state index contributed by atoms with van der Waals surface area (Å²) < 4.78 is 0. The van der Waals surface area contributed by atoms with Gasteiger partial charge in [0.25, 0.3) is 0 Å². The highest BCUT2D eigenvalue weighted by atomic mass is 16.2. The van der Waals surface area contributed by atoms with Crippen LogP contribution < -0.4 is 5.32 Å². The fraction of sp³-hybridized carbons (Fsp3) is 0.833. The zero-order chi connectivity index (χ0) is 12.7. The van der Waals surface area contributed by atoms with Gasteiger partial charge in [-0.2, -0.15) is 0 Å². The summed E-state index contributed by atoms with van der Waals surface area (Å²) in [5, 5.41) is 2.82. The van der Waals surface area contributed by atoms with Crippen LogP contribution in [0.15, 0.2) is 0 Å². The van der Waals surface area contributed by atoms with Crippen molar-refractivity contribution in [3.05, 3.63) is 0 Å². The van der Waals surface area contributed by atoms with Crippen LogP contribution in [0.25, 0.3) is 0 Å². The summed E-state index contributed by atoms with van der Waals surface area (Å²) in [5.41, 5.74) is 0. The Kier molecular flexibility index (Phi) is 6.77. The van der Waals surface area contributed by atoms with E-state index >= 15 is 0 Å². The molecule has 0 saturated carbocycles. The molecule has 0 saturated heterocycles. The van der Waals surface area contributed by atoms with Gasteiger partial charge >= 0.3 is 0 Å². The smallest absolute Gasteiger partial charge is 0.221 e. The minimum atomic E-state index is 0.00422. The summed E-state index contributed by atoms with van der Waals surface area (Å²) >= 11 is 0. The van der Waals surface area contributed by atoms with E-state index in [1.807, 2.05) is 27.7 Å². The number of nitrogens with zero attached hydrogens (tertiary/aromatic N) is 1. The van der Waals surface area contributed by atoms with Crippen LogP contribution >= 0.6 is 0 Å². The van der Waals surface area contributed by atoms with Crippen molar-refractivity contribution in [3.63, 3.8) is 0 Å². The number of hydrogen-bond acceptors (Lipinski definition) is 2. The van der Waals surface area contributed by atoms with Crippen molar-refractivity contribution < 1.29 is 9.59 Å². The molecule has 94 valence electrons. The number of hydrogen-bond donors (Lipinski definition) is 1. The normalized spacial score (nSPS) is 12.4. The van der Waals surface area contributed by atoms with Crippen molar-refractivity contribution in [2.75, 3.05) is 6.54 Å². The van der Waals surface area contributed by atoms with E-state index < -0.39 is 0 Å². The molecule has 1 atom stereocenters. The molecule has 0 aliphatic carbocycles. The summed E-state index contributed by atoms with van der Waals surface area (Å²) in [4.78, 5) is 24.6. The van der Waals surface area contributed by atoms with E-state index in [0.717, 1.165) is 6.42 Å². The Labute approximate surface area is 98.4 Å². The fourth-order valence-electron chi connectivity index (χ4n) is 1.52. The molecule has 0 aliphatic heterocycles. The predicted molar refractivity (Wildman–Crippen MR) is 65.0 cm³/mol. The molecule has 1 N–H and O–H groups in total. The lowest BCUT2D eigenvalue weighted by atomic mass is 10.2. The highest BCUT2D eigenvalue weighted by Gasteiger charge is 2.16. The second-order valence-electron chi connectivity index (χ2n) is 4.44. The average Bonchev–Trinajstić information content (AvgIpc) is 2.15. The van der Waals surface area contributed by atoms with Gasteiger partial charge in [0, 0.05) is 32.0 Å². The summed E-state index contributed by atoms with van der Waals surface area (Å²) in [7, 11) is 0. The topological polar surface area (TPSA) is 49.4 Å². The minimum absolute atomic E-state index is 0.00422. The van der Waals surface area contributed by atoms with Gasteiger partial charge in [0.15, 0.2) is 0 Å². The second kappa shape index (κ2) is 7.25. The van der Waals surface area contributed by atoms with Gasteiger partial charge in [-0.3, -0.25) is 9.59 Å². The Morgan fingerprint density at radius 2 is 1.81 bits per heavy atom. The van der Waals surface area contributed by atoms with Gasteiger partial charge in [0.05, 0.1) is 0 Å². The van der Waals surface area contributed by atoms with Crippen LogP contribution in [0.1, 0.15) is 47.5 Å². The summed E-state index contributed by atoms with van der Waals surface area (Å²) in [5.74, 6) is 0.0382. The summed E-state index contributed by atoms with van der Waals surface area (Å²) in [6.45, 7) is 9.94. The Hall–Kier alpha value is -1.06. The number of rotatable bonds is 6. The molecule has 0 spiro atoms. The molecule has 2 amide bonds. The molecule has 0 aliphatic rings. The van der Waals surface area contributed by atoms with Crippen molar-refractivity contribution >= 4 is 11.8 Å². The monoisotopic (exact) mass is 228 g/mol. The highest BCUT2D eigenvalue weighted by molar-refractivity contribution is 5.78. The first kappa shape index (κ1) is 14.9. The molecular formula is C12H24N2O2. The number of carbonyl (C=O) groups is 2. The molecule has 16 heavy (non-hydrogen) atoms. The van der Waals surface area contributed by atoms with Crippen molar-refractivity contribution in [3.8, 4) is 0 Å². The fourth-order valence-corrected chi connectivity index (χ4v) is 1.52. The van der Waals surface area contributed by atoms with Gasteiger partial charge in [-0.1, -0.05) is 6.92 Å². The molecule has 0 aromatic rings. The molecular weight excluding hydrogens is 204 g/mol. The van der Waals surface area contributed by atoms with Crippen molar-refractivity contribution in [2.24, 2.45) is 0 Å². The zero-order valence-electron chi connectivity index (χ0n) is 11.0. The summed E-state index contributed by atoms with van der Waals surface area (Å²) in [6, 6.07) is 0.353. The average molecular weight is 228 g/mol. The van der Waals surface area contributed by atoms with Gasteiger partial charge in [-0.05, 0) is 27.2 Å². The summed E-state index contributed by atoms with van der Waals surface area (Å²) in [6.07, 6.45) is 1.29. The maximum atomic E-state index is 11.4. The van der Waals surface area contributed by atoms with Crippen LogP contribution in [-0.4, -0.2) is 35.3 Å². The zero-order valence-corrected chi connectivity index (χ0v) is 11.0.